The maximum Gasteiger partial charge on any atom is 0.242 e. The second-order valence-corrected chi connectivity index (χ2v) is 7.17. The van der Waals surface area contributed by atoms with Gasteiger partial charge in [0.2, 0.25) is 10.0 Å². The lowest BCUT2D eigenvalue weighted by Gasteiger charge is -2.19. The minimum atomic E-state index is -3.86. The molecule has 1 aromatic carbocycles. The molecule has 9 heteroatoms. The lowest BCUT2D eigenvalue weighted by molar-refractivity contribution is 0.0440. The summed E-state index contributed by atoms with van der Waals surface area (Å²) in [6.07, 6.45) is -0.327. The van der Waals surface area contributed by atoms with E-state index < -0.39 is 16.1 Å². The van der Waals surface area contributed by atoms with E-state index in [1.165, 1.54) is 19.2 Å². The Kier molecular flexibility index (Phi) is 5.93. The van der Waals surface area contributed by atoms with Gasteiger partial charge in [-0.2, -0.15) is 0 Å². The Balaban J connectivity index is 2.25. The number of benzene rings is 1. The molecule has 1 aliphatic rings. The lowest BCUT2D eigenvalue weighted by atomic mass is 10.2. The molecule has 0 aliphatic carbocycles. The van der Waals surface area contributed by atoms with E-state index in [-0.39, 0.29) is 27.7 Å². The molecular formula is C13H17Cl2NO5S. The van der Waals surface area contributed by atoms with Crippen LogP contribution in [0.2, 0.25) is 10.0 Å². The fraction of sp³-hybridized carbons (Fsp3) is 0.538. The van der Waals surface area contributed by atoms with Crippen LogP contribution in [0.3, 0.4) is 0 Å². The Bertz CT molecular complexity index is 638. The molecule has 0 spiro atoms. The van der Waals surface area contributed by atoms with Crippen LogP contribution >= 0.6 is 23.2 Å². The Labute approximate surface area is 139 Å². The van der Waals surface area contributed by atoms with Crippen LogP contribution in [0.15, 0.2) is 17.0 Å². The van der Waals surface area contributed by atoms with Crippen molar-refractivity contribution in [1.82, 2.24) is 4.72 Å². The zero-order chi connectivity index (χ0) is 16.3. The first kappa shape index (κ1) is 17.8. The molecule has 0 saturated carbocycles. The zero-order valence-electron chi connectivity index (χ0n) is 12.1. The smallest absolute Gasteiger partial charge is 0.242 e. The fourth-order valence-electron chi connectivity index (χ4n) is 2.16. The SMILES string of the molecule is CCO[C@H]1COC[C@@H]1NS(=O)(=O)c1cc(Cl)c(OC)cc1Cl. The van der Waals surface area contributed by atoms with Crippen LogP contribution in [-0.2, 0) is 19.5 Å². The van der Waals surface area contributed by atoms with Crippen molar-refractivity contribution >= 4 is 33.2 Å². The third-order valence-corrected chi connectivity index (χ3v) is 5.46. The van der Waals surface area contributed by atoms with E-state index >= 15 is 0 Å². The highest BCUT2D eigenvalue weighted by Crippen LogP contribution is 2.33. The number of methoxy groups -OCH3 is 1. The summed E-state index contributed by atoms with van der Waals surface area (Å²) in [6.45, 7) is 2.90. The number of hydrogen-bond acceptors (Lipinski definition) is 5. The Morgan fingerprint density at radius 1 is 1.32 bits per heavy atom. The van der Waals surface area contributed by atoms with Gasteiger partial charge in [0.1, 0.15) is 10.6 Å². The first-order chi connectivity index (χ1) is 10.4. The molecule has 1 fully saturated rings. The third-order valence-electron chi connectivity index (χ3n) is 3.21. The molecule has 1 N–H and O–H groups in total. The highest BCUT2D eigenvalue weighted by molar-refractivity contribution is 7.89. The van der Waals surface area contributed by atoms with E-state index in [0.717, 1.165) is 0 Å². The van der Waals surface area contributed by atoms with Crippen LogP contribution in [0.4, 0.5) is 0 Å². The number of sulfonamides is 1. The largest absolute Gasteiger partial charge is 0.495 e. The van der Waals surface area contributed by atoms with Crippen LogP contribution in [0.25, 0.3) is 0 Å². The molecule has 22 heavy (non-hydrogen) atoms. The Hall–Kier alpha value is -0.570. The predicted molar refractivity (Wildman–Crippen MR) is 83.4 cm³/mol. The van der Waals surface area contributed by atoms with Gasteiger partial charge in [0, 0.05) is 12.7 Å². The van der Waals surface area contributed by atoms with Gasteiger partial charge in [0.15, 0.2) is 0 Å². The maximum absolute atomic E-state index is 12.5. The second-order valence-electron chi connectivity index (χ2n) is 4.68. The molecule has 1 aliphatic heterocycles. The van der Waals surface area contributed by atoms with Gasteiger partial charge >= 0.3 is 0 Å². The molecule has 2 atom stereocenters. The van der Waals surface area contributed by atoms with Gasteiger partial charge in [-0.1, -0.05) is 23.2 Å². The highest BCUT2D eigenvalue weighted by Gasteiger charge is 2.33. The zero-order valence-corrected chi connectivity index (χ0v) is 14.5. The van der Waals surface area contributed by atoms with Crippen LogP contribution in [0.5, 0.6) is 5.75 Å². The highest BCUT2D eigenvalue weighted by atomic mass is 35.5. The summed E-state index contributed by atoms with van der Waals surface area (Å²) >= 11 is 12.0. The van der Waals surface area contributed by atoms with Gasteiger partial charge in [-0.3, -0.25) is 0 Å². The van der Waals surface area contributed by atoms with Crippen LogP contribution in [0.1, 0.15) is 6.92 Å². The quantitative estimate of drug-likeness (QED) is 0.830. The Morgan fingerprint density at radius 3 is 2.68 bits per heavy atom. The first-order valence-electron chi connectivity index (χ1n) is 6.63. The van der Waals surface area contributed by atoms with Crippen molar-refractivity contribution < 1.29 is 22.6 Å². The molecule has 6 nitrogen and oxygen atoms in total. The van der Waals surface area contributed by atoms with Crippen LogP contribution < -0.4 is 9.46 Å². The van der Waals surface area contributed by atoms with Crippen molar-refractivity contribution in [3.05, 3.63) is 22.2 Å². The minimum absolute atomic E-state index is 0.0284. The summed E-state index contributed by atoms with van der Waals surface area (Å²) in [5.74, 6) is 0.307. The van der Waals surface area contributed by atoms with Gasteiger partial charge in [-0.15, -0.1) is 0 Å². The van der Waals surface area contributed by atoms with E-state index in [1.54, 1.807) is 0 Å². The van der Waals surface area contributed by atoms with Gasteiger partial charge in [-0.25, -0.2) is 13.1 Å². The van der Waals surface area contributed by atoms with E-state index in [0.29, 0.717) is 19.0 Å². The van der Waals surface area contributed by atoms with Crippen molar-refractivity contribution in [2.24, 2.45) is 0 Å². The fourth-order valence-corrected chi connectivity index (χ4v) is 4.26. The molecule has 0 unspecified atom stereocenters. The molecule has 1 aromatic rings. The Morgan fingerprint density at radius 2 is 2.05 bits per heavy atom. The van der Waals surface area contributed by atoms with Crippen molar-refractivity contribution in [1.29, 1.82) is 0 Å². The van der Waals surface area contributed by atoms with E-state index in [1.807, 2.05) is 6.92 Å². The molecule has 1 saturated heterocycles. The first-order valence-corrected chi connectivity index (χ1v) is 8.87. The number of rotatable bonds is 6. The van der Waals surface area contributed by atoms with Gasteiger partial charge < -0.3 is 14.2 Å². The molecule has 2 rings (SSSR count). The van der Waals surface area contributed by atoms with Crippen LogP contribution in [0, 0.1) is 0 Å². The summed E-state index contributed by atoms with van der Waals surface area (Å²) in [4.78, 5) is -0.109. The normalized spacial score (nSPS) is 22.0. The third kappa shape index (κ3) is 3.84. The average molecular weight is 370 g/mol. The number of nitrogens with one attached hydrogen (secondary N) is 1. The van der Waals surface area contributed by atoms with Crippen LogP contribution in [-0.4, -0.2) is 47.5 Å². The van der Waals surface area contributed by atoms with Gasteiger partial charge in [0.05, 0.1) is 42.5 Å². The number of halogens is 2. The molecule has 0 aromatic heterocycles. The molecule has 0 radical (unpaired) electrons. The summed E-state index contributed by atoms with van der Waals surface area (Å²) in [7, 11) is -2.43. The topological polar surface area (TPSA) is 73.9 Å². The molecular weight excluding hydrogens is 353 g/mol. The lowest BCUT2D eigenvalue weighted by Crippen LogP contribution is -2.43. The van der Waals surface area contributed by atoms with Crippen molar-refractivity contribution in [2.75, 3.05) is 26.9 Å². The second kappa shape index (κ2) is 7.33. The molecule has 1 heterocycles. The van der Waals surface area contributed by atoms with Crippen molar-refractivity contribution in [3.63, 3.8) is 0 Å². The van der Waals surface area contributed by atoms with Crippen molar-refractivity contribution in [2.45, 2.75) is 24.0 Å². The van der Waals surface area contributed by atoms with E-state index in [2.05, 4.69) is 4.72 Å². The number of ether oxygens (including phenoxy) is 3. The predicted octanol–water partition coefficient (Wildman–Crippen LogP) is 2.08. The van der Waals surface area contributed by atoms with Gasteiger partial charge in [0.25, 0.3) is 0 Å². The summed E-state index contributed by atoms with van der Waals surface area (Å²) < 4.78 is 43.3. The summed E-state index contributed by atoms with van der Waals surface area (Å²) in [5.41, 5.74) is 0. The molecule has 0 amide bonds. The summed E-state index contributed by atoms with van der Waals surface area (Å²) in [6, 6.07) is 2.15. The summed E-state index contributed by atoms with van der Waals surface area (Å²) in [5, 5.41) is 0.192. The number of hydrogen-bond donors (Lipinski definition) is 1. The van der Waals surface area contributed by atoms with E-state index in [4.69, 9.17) is 37.4 Å². The average Bonchev–Trinajstić information content (AvgIpc) is 2.87. The maximum atomic E-state index is 12.5. The van der Waals surface area contributed by atoms with Gasteiger partial charge in [-0.05, 0) is 13.0 Å². The minimum Gasteiger partial charge on any atom is -0.495 e. The van der Waals surface area contributed by atoms with E-state index in [9.17, 15) is 8.42 Å². The standard InChI is InChI=1S/C13H17Cl2NO5S/c1-3-21-12-7-20-6-10(12)16-22(17,18)13-5-8(14)11(19-2)4-9(13)15/h4-5,10,12,16H,3,6-7H2,1-2H3/t10-,12-/m0/s1. The molecule has 0 bridgehead atoms. The van der Waals surface area contributed by atoms with Crippen molar-refractivity contribution in [3.8, 4) is 5.75 Å². The molecule has 124 valence electrons. The monoisotopic (exact) mass is 369 g/mol.